The molecule has 0 saturated carbocycles. The van der Waals surface area contributed by atoms with E-state index in [0.29, 0.717) is 21.3 Å². The van der Waals surface area contributed by atoms with Gasteiger partial charge in [0.25, 0.3) is 0 Å². The van der Waals surface area contributed by atoms with E-state index in [0.717, 1.165) is 28.7 Å². The Labute approximate surface area is 167 Å². The van der Waals surface area contributed by atoms with Crippen molar-refractivity contribution in [2.45, 2.75) is 16.2 Å². The van der Waals surface area contributed by atoms with Gasteiger partial charge in [-0.1, -0.05) is 59.5 Å². The standard InChI is InChI=1S/C20H13NO5S2/c22-18(23)16-14-13(11-8-4-5-9-12(11)26-19(14)24)15-17(27-16)21(20(25)28-15)10-6-2-1-3-7-10/h1-9,13-14,16H,(H,22,23). The smallest absolute Gasteiger partial charge is 0.317 e. The van der Waals surface area contributed by atoms with Gasteiger partial charge in [-0.25, -0.2) is 0 Å². The Morgan fingerprint density at radius 3 is 2.50 bits per heavy atom. The van der Waals surface area contributed by atoms with Gasteiger partial charge in [-0.15, -0.1) is 0 Å². The Bertz CT molecular complexity index is 1170. The predicted molar refractivity (Wildman–Crippen MR) is 105 cm³/mol. The van der Waals surface area contributed by atoms with E-state index in [1.54, 1.807) is 28.8 Å². The van der Waals surface area contributed by atoms with Crippen molar-refractivity contribution in [2.75, 3.05) is 0 Å². The van der Waals surface area contributed by atoms with E-state index in [-0.39, 0.29) is 4.87 Å². The van der Waals surface area contributed by atoms with Crippen LogP contribution in [0.2, 0.25) is 0 Å². The predicted octanol–water partition coefficient (Wildman–Crippen LogP) is 3.13. The number of carboxylic acid groups (broad SMARTS) is 1. The van der Waals surface area contributed by atoms with Crippen molar-refractivity contribution in [3.8, 4) is 11.4 Å². The van der Waals surface area contributed by atoms with Crippen molar-refractivity contribution < 1.29 is 19.4 Å². The van der Waals surface area contributed by atoms with E-state index in [1.807, 2.05) is 30.3 Å². The quantitative estimate of drug-likeness (QED) is 0.515. The number of carbonyl (C=O) groups is 2. The molecule has 1 aromatic heterocycles. The van der Waals surface area contributed by atoms with Crippen LogP contribution in [0.1, 0.15) is 16.4 Å². The largest absolute Gasteiger partial charge is 0.480 e. The molecule has 140 valence electrons. The molecule has 0 radical (unpaired) electrons. The molecule has 3 atom stereocenters. The third kappa shape index (κ3) is 2.45. The van der Waals surface area contributed by atoms with Crippen LogP contribution in [-0.4, -0.2) is 26.9 Å². The molecule has 0 fully saturated rings. The van der Waals surface area contributed by atoms with Crippen molar-refractivity contribution in [1.29, 1.82) is 0 Å². The van der Waals surface area contributed by atoms with Crippen LogP contribution < -0.4 is 9.61 Å². The zero-order chi connectivity index (χ0) is 19.4. The number of fused-ring (bicyclic) bond motifs is 5. The first kappa shape index (κ1) is 17.3. The van der Waals surface area contributed by atoms with Crippen molar-refractivity contribution in [1.82, 2.24) is 4.57 Å². The van der Waals surface area contributed by atoms with Crippen LogP contribution >= 0.6 is 23.1 Å². The van der Waals surface area contributed by atoms with E-state index >= 15 is 0 Å². The molecular weight excluding hydrogens is 398 g/mol. The maximum atomic E-state index is 12.9. The Kier molecular flexibility index (Phi) is 3.92. The number of carboxylic acids is 1. The summed E-state index contributed by atoms with van der Waals surface area (Å²) >= 11 is 2.11. The van der Waals surface area contributed by atoms with Gasteiger partial charge in [0.05, 0.1) is 16.6 Å². The lowest BCUT2D eigenvalue weighted by molar-refractivity contribution is -0.147. The summed E-state index contributed by atoms with van der Waals surface area (Å²) in [4.78, 5) is 38.1. The summed E-state index contributed by atoms with van der Waals surface area (Å²) in [6, 6.07) is 16.2. The monoisotopic (exact) mass is 411 g/mol. The number of benzene rings is 2. The maximum Gasteiger partial charge on any atom is 0.317 e. The lowest BCUT2D eigenvalue weighted by Crippen LogP contribution is -2.44. The van der Waals surface area contributed by atoms with Crippen LogP contribution in [0.25, 0.3) is 5.69 Å². The number of esters is 1. The molecule has 0 saturated heterocycles. The van der Waals surface area contributed by atoms with Gasteiger partial charge in [0.1, 0.15) is 11.0 Å². The van der Waals surface area contributed by atoms with Crippen molar-refractivity contribution in [3.63, 3.8) is 0 Å². The minimum atomic E-state index is -1.10. The van der Waals surface area contributed by atoms with Crippen LogP contribution in [0.3, 0.4) is 0 Å². The first-order chi connectivity index (χ1) is 13.6. The summed E-state index contributed by atoms with van der Waals surface area (Å²) in [7, 11) is 0. The number of hydrogen-bond acceptors (Lipinski definition) is 6. The molecule has 6 nitrogen and oxygen atoms in total. The molecule has 3 heterocycles. The molecule has 28 heavy (non-hydrogen) atoms. The van der Waals surface area contributed by atoms with Gasteiger partial charge >= 0.3 is 16.8 Å². The second-order valence-corrected chi connectivity index (χ2v) is 8.67. The maximum absolute atomic E-state index is 12.9. The fourth-order valence-electron chi connectivity index (χ4n) is 3.82. The summed E-state index contributed by atoms with van der Waals surface area (Å²) in [6.45, 7) is 0. The SMILES string of the molecule is O=C(O)C1Sc2c(sc(=O)n2-c2ccccc2)C2c3ccccc3OC(=O)C12. The third-order valence-corrected chi connectivity index (χ3v) is 7.52. The minimum Gasteiger partial charge on any atom is -0.480 e. The van der Waals surface area contributed by atoms with Crippen LogP contribution in [0, 0.1) is 5.92 Å². The number of carbonyl (C=O) groups excluding carboxylic acids is 1. The number of rotatable bonds is 2. The number of thiazole rings is 1. The highest BCUT2D eigenvalue weighted by Crippen LogP contribution is 2.54. The molecule has 8 heteroatoms. The number of hydrogen-bond donors (Lipinski definition) is 1. The molecule has 2 aromatic carbocycles. The zero-order valence-electron chi connectivity index (χ0n) is 14.3. The van der Waals surface area contributed by atoms with Crippen molar-refractivity contribution in [3.05, 3.63) is 74.7 Å². The summed E-state index contributed by atoms with van der Waals surface area (Å²) < 4.78 is 6.96. The summed E-state index contributed by atoms with van der Waals surface area (Å²) in [5.41, 5.74) is 1.41. The van der Waals surface area contributed by atoms with E-state index in [9.17, 15) is 19.5 Å². The number of aromatic nitrogens is 1. The molecule has 3 aromatic rings. The molecule has 1 N–H and O–H groups in total. The Morgan fingerprint density at radius 2 is 1.75 bits per heavy atom. The highest BCUT2D eigenvalue weighted by Gasteiger charge is 2.52. The van der Waals surface area contributed by atoms with E-state index in [2.05, 4.69) is 0 Å². The minimum absolute atomic E-state index is 0.204. The molecule has 0 bridgehead atoms. The number of thioether (sulfide) groups is 1. The van der Waals surface area contributed by atoms with Crippen molar-refractivity contribution in [2.24, 2.45) is 5.92 Å². The number of nitrogens with zero attached hydrogens (tertiary/aromatic N) is 1. The molecule has 0 spiro atoms. The molecule has 2 aliphatic heterocycles. The molecule has 0 amide bonds. The average molecular weight is 411 g/mol. The Morgan fingerprint density at radius 1 is 1.04 bits per heavy atom. The normalized spacial score (nSPS) is 22.6. The second kappa shape index (κ2) is 6.35. The van der Waals surface area contributed by atoms with Gasteiger partial charge < -0.3 is 9.84 Å². The lowest BCUT2D eigenvalue weighted by atomic mass is 9.80. The first-order valence-corrected chi connectivity index (χ1v) is 10.3. The van der Waals surface area contributed by atoms with Crippen LogP contribution in [0.4, 0.5) is 0 Å². The fourth-order valence-corrected chi connectivity index (χ4v) is 6.50. The van der Waals surface area contributed by atoms with Crippen LogP contribution in [0.15, 0.2) is 64.4 Å². The zero-order valence-corrected chi connectivity index (χ0v) is 15.9. The summed E-state index contributed by atoms with van der Waals surface area (Å²) in [5, 5.41) is 9.37. The van der Waals surface area contributed by atoms with Crippen LogP contribution in [0.5, 0.6) is 5.75 Å². The Hall–Kier alpha value is -2.84. The van der Waals surface area contributed by atoms with E-state index in [1.165, 1.54) is 0 Å². The molecule has 3 unspecified atom stereocenters. The molecular formula is C20H13NO5S2. The number of para-hydroxylation sites is 2. The fraction of sp³-hybridized carbons (Fsp3) is 0.150. The summed E-state index contributed by atoms with van der Waals surface area (Å²) in [5.74, 6) is -2.64. The first-order valence-electron chi connectivity index (χ1n) is 8.57. The van der Waals surface area contributed by atoms with Gasteiger partial charge in [-0.05, 0) is 18.2 Å². The lowest BCUT2D eigenvalue weighted by Gasteiger charge is -2.37. The molecule has 5 rings (SSSR count). The van der Waals surface area contributed by atoms with E-state index in [4.69, 9.17) is 4.74 Å². The number of aliphatic carboxylic acids is 1. The van der Waals surface area contributed by atoms with Crippen molar-refractivity contribution >= 4 is 35.0 Å². The van der Waals surface area contributed by atoms with Gasteiger partial charge in [-0.3, -0.25) is 19.0 Å². The second-order valence-electron chi connectivity index (χ2n) is 6.55. The Balaban J connectivity index is 1.79. The number of ether oxygens (including phenoxy) is 1. The topological polar surface area (TPSA) is 85.6 Å². The summed E-state index contributed by atoms with van der Waals surface area (Å²) in [6.07, 6.45) is 0. The highest BCUT2D eigenvalue weighted by atomic mass is 32.2. The van der Waals surface area contributed by atoms with Gasteiger partial charge in [0, 0.05) is 16.4 Å². The van der Waals surface area contributed by atoms with Gasteiger partial charge in [-0.2, -0.15) is 0 Å². The molecule has 2 aliphatic rings. The van der Waals surface area contributed by atoms with Gasteiger partial charge in [0.15, 0.2) is 0 Å². The van der Waals surface area contributed by atoms with E-state index < -0.39 is 29.0 Å². The van der Waals surface area contributed by atoms with Gasteiger partial charge in [0.2, 0.25) is 0 Å². The molecule has 0 aliphatic carbocycles. The third-order valence-electron chi connectivity index (χ3n) is 4.99. The highest BCUT2D eigenvalue weighted by molar-refractivity contribution is 8.00. The average Bonchev–Trinajstić information content (AvgIpc) is 3.03. The van der Waals surface area contributed by atoms with Crippen LogP contribution in [-0.2, 0) is 9.59 Å².